The van der Waals surface area contributed by atoms with Crippen LogP contribution in [0, 0.1) is 5.82 Å². The molecule has 1 aromatic carbocycles. The molecule has 1 N–H and O–H groups in total. The second-order valence-electron chi connectivity index (χ2n) is 5.16. The molecule has 0 amide bonds. The molecule has 126 valence electrons. The van der Waals surface area contributed by atoms with E-state index in [4.69, 9.17) is 0 Å². The Morgan fingerprint density at radius 2 is 1.82 bits per heavy atom. The molecule has 1 aliphatic heterocycles. The van der Waals surface area contributed by atoms with Gasteiger partial charge in [-0.05, 0) is 30.2 Å². The summed E-state index contributed by atoms with van der Waals surface area (Å²) in [6.45, 7) is 2.80. The highest BCUT2D eigenvalue weighted by Crippen LogP contribution is 2.33. The Kier molecular flexibility index (Phi) is 7.58. The van der Waals surface area contributed by atoms with Crippen molar-refractivity contribution < 1.29 is 17.6 Å². The fourth-order valence-electron chi connectivity index (χ4n) is 2.62. The Morgan fingerprint density at radius 3 is 2.36 bits per heavy atom. The van der Waals surface area contributed by atoms with Crippen molar-refractivity contribution in [2.75, 3.05) is 26.2 Å². The number of nitrogens with zero attached hydrogens (tertiary/aromatic N) is 1. The molecule has 0 spiro atoms. The molecule has 0 bridgehead atoms. The van der Waals surface area contributed by atoms with E-state index >= 15 is 0 Å². The molecule has 0 saturated carbocycles. The zero-order valence-electron chi connectivity index (χ0n) is 11.8. The van der Waals surface area contributed by atoms with Gasteiger partial charge in [-0.15, -0.1) is 12.4 Å². The molecule has 1 saturated heterocycles. The second kappa shape index (κ2) is 8.47. The van der Waals surface area contributed by atoms with Crippen LogP contribution in [0.2, 0.25) is 0 Å². The van der Waals surface area contributed by atoms with E-state index in [1.807, 2.05) is 4.90 Å². The van der Waals surface area contributed by atoms with Crippen LogP contribution in [-0.4, -0.2) is 37.3 Å². The monoisotopic (exact) mass is 404 g/mol. The van der Waals surface area contributed by atoms with E-state index < -0.39 is 24.5 Å². The summed E-state index contributed by atoms with van der Waals surface area (Å²) in [7, 11) is 0. The minimum Gasteiger partial charge on any atom is -0.314 e. The van der Waals surface area contributed by atoms with Gasteiger partial charge < -0.3 is 5.32 Å². The predicted octanol–water partition coefficient (Wildman–Crippen LogP) is 4.30. The molecular formula is C14H18BrClF4N2. The quantitative estimate of drug-likeness (QED) is 0.752. The first-order valence-corrected chi connectivity index (χ1v) is 7.62. The molecule has 0 aliphatic carbocycles. The highest BCUT2D eigenvalue weighted by atomic mass is 79.9. The summed E-state index contributed by atoms with van der Waals surface area (Å²) in [6.07, 6.45) is -5.12. The highest BCUT2D eigenvalue weighted by Gasteiger charge is 2.31. The number of hydrogen-bond donors (Lipinski definition) is 1. The molecule has 22 heavy (non-hydrogen) atoms. The van der Waals surface area contributed by atoms with E-state index in [1.165, 1.54) is 12.1 Å². The van der Waals surface area contributed by atoms with Gasteiger partial charge in [-0.25, -0.2) is 4.39 Å². The fraction of sp³-hybridized carbons (Fsp3) is 0.571. The van der Waals surface area contributed by atoms with Crippen molar-refractivity contribution in [1.82, 2.24) is 10.2 Å². The molecule has 1 fully saturated rings. The summed E-state index contributed by atoms with van der Waals surface area (Å²) in [5.74, 6) is -0.438. The van der Waals surface area contributed by atoms with Crippen LogP contribution in [-0.2, 0) is 0 Å². The van der Waals surface area contributed by atoms with E-state index in [0.29, 0.717) is 23.1 Å². The third-order valence-electron chi connectivity index (χ3n) is 3.56. The summed E-state index contributed by atoms with van der Waals surface area (Å²) in [5, 5.41) is 3.17. The minimum atomic E-state index is -4.20. The molecule has 0 unspecified atom stereocenters. The first-order chi connectivity index (χ1) is 9.85. The van der Waals surface area contributed by atoms with Gasteiger partial charge in [0, 0.05) is 43.1 Å². The van der Waals surface area contributed by atoms with Crippen molar-refractivity contribution in [2.24, 2.45) is 0 Å². The molecular weight excluding hydrogens is 388 g/mol. The summed E-state index contributed by atoms with van der Waals surface area (Å²) in [6, 6.07) is 3.92. The molecule has 1 aliphatic rings. The van der Waals surface area contributed by atoms with Crippen molar-refractivity contribution in [1.29, 1.82) is 0 Å². The zero-order valence-corrected chi connectivity index (χ0v) is 14.2. The van der Waals surface area contributed by atoms with Crippen LogP contribution in [0.15, 0.2) is 22.7 Å². The van der Waals surface area contributed by atoms with Gasteiger partial charge in [0.25, 0.3) is 0 Å². The van der Waals surface area contributed by atoms with E-state index in [2.05, 4.69) is 21.2 Å². The summed E-state index contributed by atoms with van der Waals surface area (Å²) >= 11 is 3.20. The fourth-order valence-corrected chi connectivity index (χ4v) is 3.10. The van der Waals surface area contributed by atoms with Crippen molar-refractivity contribution >= 4 is 28.3 Å². The maximum Gasteiger partial charge on any atom is 0.389 e. The molecule has 1 aromatic rings. The molecule has 2 rings (SSSR count). The highest BCUT2D eigenvalue weighted by molar-refractivity contribution is 9.10. The molecule has 0 aromatic heterocycles. The van der Waals surface area contributed by atoms with Gasteiger partial charge in [-0.2, -0.15) is 13.2 Å². The Bertz CT molecular complexity index is 458. The van der Waals surface area contributed by atoms with Crippen LogP contribution in [0.1, 0.15) is 24.4 Å². The number of alkyl halides is 3. The second-order valence-corrected chi connectivity index (χ2v) is 6.07. The lowest BCUT2D eigenvalue weighted by Gasteiger charge is -2.35. The molecule has 1 atom stereocenters. The number of halogens is 6. The summed E-state index contributed by atoms with van der Waals surface area (Å²) < 4.78 is 51.7. The Hall–Kier alpha value is -0.370. The first kappa shape index (κ1) is 19.7. The average Bonchev–Trinajstić information content (AvgIpc) is 2.37. The van der Waals surface area contributed by atoms with Crippen molar-refractivity contribution in [2.45, 2.75) is 25.1 Å². The first-order valence-electron chi connectivity index (χ1n) is 6.83. The lowest BCUT2D eigenvalue weighted by molar-refractivity contribution is -0.138. The van der Waals surface area contributed by atoms with E-state index in [1.54, 1.807) is 6.07 Å². The van der Waals surface area contributed by atoms with Gasteiger partial charge >= 0.3 is 6.18 Å². The van der Waals surface area contributed by atoms with Gasteiger partial charge in [-0.3, -0.25) is 4.90 Å². The van der Waals surface area contributed by atoms with Gasteiger partial charge in [0.2, 0.25) is 0 Å². The van der Waals surface area contributed by atoms with Crippen molar-refractivity contribution in [3.63, 3.8) is 0 Å². The largest absolute Gasteiger partial charge is 0.389 e. The maximum atomic E-state index is 13.5. The predicted molar refractivity (Wildman–Crippen MR) is 83.8 cm³/mol. The maximum absolute atomic E-state index is 13.5. The summed E-state index contributed by atoms with van der Waals surface area (Å²) in [4.78, 5) is 1.99. The van der Waals surface area contributed by atoms with Gasteiger partial charge in [0.1, 0.15) is 5.82 Å². The Morgan fingerprint density at radius 1 is 1.18 bits per heavy atom. The molecule has 8 heteroatoms. The topological polar surface area (TPSA) is 15.3 Å². The Labute approximate surface area is 141 Å². The minimum absolute atomic E-state index is 0. The van der Waals surface area contributed by atoms with E-state index in [0.717, 1.165) is 13.1 Å². The lowest BCUT2D eigenvalue weighted by atomic mass is 9.99. The smallest absolute Gasteiger partial charge is 0.314 e. The van der Waals surface area contributed by atoms with Crippen LogP contribution in [0.5, 0.6) is 0 Å². The average molecular weight is 406 g/mol. The Balaban J connectivity index is 0.00000242. The standard InChI is InChI=1S/C14H17BrF4N2.ClH/c15-11-7-10(8-12(16)9-11)13(1-2-14(17,18)19)21-5-3-20-4-6-21;/h7-9,13,20H,1-6H2;1H/t13-;/m0./s1. The van der Waals surface area contributed by atoms with Gasteiger partial charge in [0.05, 0.1) is 0 Å². The summed E-state index contributed by atoms with van der Waals surface area (Å²) in [5.41, 5.74) is 0.591. The molecule has 0 radical (unpaired) electrons. The third-order valence-corrected chi connectivity index (χ3v) is 4.02. The zero-order chi connectivity index (χ0) is 15.5. The number of hydrogen-bond acceptors (Lipinski definition) is 2. The number of nitrogens with one attached hydrogen (secondary N) is 1. The van der Waals surface area contributed by atoms with Crippen LogP contribution in [0.4, 0.5) is 17.6 Å². The van der Waals surface area contributed by atoms with Crippen LogP contribution < -0.4 is 5.32 Å². The normalized spacial score (nSPS) is 17.9. The number of piperazine rings is 1. The van der Waals surface area contributed by atoms with E-state index in [9.17, 15) is 17.6 Å². The SMILES string of the molecule is Cl.Fc1cc(Br)cc([C@H](CCC(F)(F)F)N2CCNCC2)c1. The lowest BCUT2D eigenvalue weighted by Crippen LogP contribution is -2.45. The van der Waals surface area contributed by atoms with Crippen molar-refractivity contribution in [3.8, 4) is 0 Å². The van der Waals surface area contributed by atoms with Gasteiger partial charge in [0.15, 0.2) is 0 Å². The van der Waals surface area contributed by atoms with E-state index in [-0.39, 0.29) is 18.8 Å². The molecule has 1 heterocycles. The van der Waals surface area contributed by atoms with Crippen LogP contribution >= 0.6 is 28.3 Å². The molecule has 2 nitrogen and oxygen atoms in total. The number of rotatable bonds is 4. The van der Waals surface area contributed by atoms with Crippen LogP contribution in [0.3, 0.4) is 0 Å². The van der Waals surface area contributed by atoms with Crippen molar-refractivity contribution in [3.05, 3.63) is 34.1 Å². The van der Waals surface area contributed by atoms with Gasteiger partial charge in [-0.1, -0.05) is 15.9 Å². The van der Waals surface area contributed by atoms with Crippen LogP contribution in [0.25, 0.3) is 0 Å². The third kappa shape index (κ3) is 6.02. The number of benzene rings is 1.